The average molecular weight is 345 g/mol. The van der Waals surface area contributed by atoms with Gasteiger partial charge in [-0.2, -0.15) is 0 Å². The molecule has 0 N–H and O–H groups in total. The SMILES string of the molecule is O=C(C1CCN(Cc2ccc([N+](=O)[O-])cc2)CC1)N1CCCCCC1. The number of hydrogen-bond acceptors (Lipinski definition) is 4. The summed E-state index contributed by atoms with van der Waals surface area (Å²) in [6, 6.07) is 6.77. The second kappa shape index (κ2) is 8.43. The molecule has 136 valence electrons. The Morgan fingerprint density at radius 1 is 1.00 bits per heavy atom. The fraction of sp³-hybridized carbons (Fsp3) is 0.632. The van der Waals surface area contributed by atoms with Crippen LogP contribution in [0.25, 0.3) is 0 Å². The summed E-state index contributed by atoms with van der Waals surface area (Å²) >= 11 is 0. The van der Waals surface area contributed by atoms with Gasteiger partial charge in [0.15, 0.2) is 0 Å². The first-order valence-electron chi connectivity index (χ1n) is 9.38. The van der Waals surface area contributed by atoms with E-state index in [4.69, 9.17) is 0 Å². The van der Waals surface area contributed by atoms with Crippen molar-refractivity contribution in [2.75, 3.05) is 26.2 Å². The van der Waals surface area contributed by atoms with E-state index in [1.54, 1.807) is 12.1 Å². The molecule has 3 rings (SSSR count). The average Bonchev–Trinajstić information content (AvgIpc) is 2.92. The summed E-state index contributed by atoms with van der Waals surface area (Å²) in [4.78, 5) is 27.5. The maximum atomic E-state index is 12.7. The van der Waals surface area contributed by atoms with Crippen molar-refractivity contribution in [3.63, 3.8) is 0 Å². The van der Waals surface area contributed by atoms with Gasteiger partial charge >= 0.3 is 0 Å². The van der Waals surface area contributed by atoms with Crippen LogP contribution >= 0.6 is 0 Å². The maximum Gasteiger partial charge on any atom is 0.269 e. The summed E-state index contributed by atoms with van der Waals surface area (Å²) in [7, 11) is 0. The molecule has 0 unspecified atom stereocenters. The van der Waals surface area contributed by atoms with E-state index in [1.165, 1.54) is 12.8 Å². The third-order valence-corrected chi connectivity index (χ3v) is 5.41. The van der Waals surface area contributed by atoms with Crippen molar-refractivity contribution >= 4 is 11.6 Å². The number of hydrogen-bond donors (Lipinski definition) is 0. The lowest BCUT2D eigenvalue weighted by Crippen LogP contribution is -2.42. The number of rotatable bonds is 4. The zero-order valence-corrected chi connectivity index (χ0v) is 14.7. The van der Waals surface area contributed by atoms with Crippen LogP contribution in [0.4, 0.5) is 5.69 Å². The molecule has 0 aliphatic carbocycles. The van der Waals surface area contributed by atoms with Gasteiger partial charge in [0, 0.05) is 37.7 Å². The first kappa shape index (κ1) is 17.9. The predicted octanol–water partition coefficient (Wildman–Crippen LogP) is 3.21. The molecule has 0 aromatic heterocycles. The summed E-state index contributed by atoms with van der Waals surface area (Å²) < 4.78 is 0. The molecule has 1 amide bonds. The summed E-state index contributed by atoms with van der Waals surface area (Å²) in [5.41, 5.74) is 1.22. The van der Waals surface area contributed by atoms with Gasteiger partial charge in [0.05, 0.1) is 4.92 Å². The minimum Gasteiger partial charge on any atom is -0.342 e. The quantitative estimate of drug-likeness (QED) is 0.621. The molecule has 0 radical (unpaired) electrons. The number of non-ortho nitro benzene ring substituents is 1. The van der Waals surface area contributed by atoms with Gasteiger partial charge in [-0.1, -0.05) is 25.0 Å². The summed E-state index contributed by atoms with van der Waals surface area (Å²) in [5.74, 6) is 0.531. The summed E-state index contributed by atoms with van der Waals surface area (Å²) in [5, 5.41) is 10.7. The normalized spacial score (nSPS) is 20.2. The molecule has 1 aromatic carbocycles. The lowest BCUT2D eigenvalue weighted by molar-refractivity contribution is -0.384. The van der Waals surface area contributed by atoms with Crippen LogP contribution in [0.2, 0.25) is 0 Å². The molecule has 0 bridgehead atoms. The lowest BCUT2D eigenvalue weighted by atomic mass is 9.94. The topological polar surface area (TPSA) is 66.7 Å². The van der Waals surface area contributed by atoms with E-state index in [2.05, 4.69) is 9.80 Å². The molecule has 2 fully saturated rings. The lowest BCUT2D eigenvalue weighted by Gasteiger charge is -2.34. The van der Waals surface area contributed by atoms with Gasteiger partial charge in [0.2, 0.25) is 5.91 Å². The molecule has 2 saturated heterocycles. The third kappa shape index (κ3) is 4.78. The van der Waals surface area contributed by atoms with E-state index < -0.39 is 0 Å². The van der Waals surface area contributed by atoms with Gasteiger partial charge in [-0.3, -0.25) is 19.8 Å². The molecule has 0 saturated carbocycles. The Morgan fingerprint density at radius 3 is 2.16 bits per heavy atom. The van der Waals surface area contributed by atoms with E-state index in [-0.39, 0.29) is 16.5 Å². The molecular formula is C19H27N3O3. The molecule has 0 spiro atoms. The van der Waals surface area contributed by atoms with Crippen LogP contribution in [-0.4, -0.2) is 46.8 Å². The number of nitro benzene ring substituents is 1. The highest BCUT2D eigenvalue weighted by Gasteiger charge is 2.28. The van der Waals surface area contributed by atoms with Gasteiger partial charge in [-0.15, -0.1) is 0 Å². The Hall–Kier alpha value is -1.95. The van der Waals surface area contributed by atoms with Gasteiger partial charge in [-0.25, -0.2) is 0 Å². The Morgan fingerprint density at radius 2 is 1.60 bits per heavy atom. The van der Waals surface area contributed by atoms with Crippen molar-refractivity contribution in [2.24, 2.45) is 5.92 Å². The van der Waals surface area contributed by atoms with Gasteiger partial charge in [0.1, 0.15) is 0 Å². The molecule has 25 heavy (non-hydrogen) atoms. The second-order valence-electron chi connectivity index (χ2n) is 7.21. The number of amides is 1. The smallest absolute Gasteiger partial charge is 0.269 e. The number of nitro groups is 1. The Bertz CT molecular complexity index is 586. The van der Waals surface area contributed by atoms with Crippen molar-refractivity contribution in [1.82, 2.24) is 9.80 Å². The molecule has 2 aliphatic rings. The van der Waals surface area contributed by atoms with Gasteiger partial charge in [0.25, 0.3) is 5.69 Å². The number of benzene rings is 1. The largest absolute Gasteiger partial charge is 0.342 e. The highest BCUT2D eigenvalue weighted by atomic mass is 16.6. The number of likely N-dealkylation sites (tertiary alicyclic amines) is 2. The summed E-state index contributed by atoms with van der Waals surface area (Å²) in [6.07, 6.45) is 6.62. The fourth-order valence-electron chi connectivity index (χ4n) is 3.87. The van der Waals surface area contributed by atoms with E-state index in [0.29, 0.717) is 5.91 Å². The number of nitrogens with zero attached hydrogens (tertiary/aromatic N) is 3. The molecule has 1 aromatic rings. The van der Waals surface area contributed by atoms with Crippen LogP contribution in [0.5, 0.6) is 0 Å². The van der Waals surface area contributed by atoms with Gasteiger partial charge in [-0.05, 0) is 44.3 Å². The van der Waals surface area contributed by atoms with Crippen molar-refractivity contribution in [3.05, 3.63) is 39.9 Å². The standard InChI is InChI=1S/C19H27N3O3/c23-19(21-11-3-1-2-4-12-21)17-9-13-20(14-10-17)15-16-5-7-18(8-6-16)22(24)25/h5-8,17H,1-4,9-15H2. The minimum atomic E-state index is -0.371. The number of carbonyl (C=O) groups excluding carboxylic acids is 1. The molecular weight excluding hydrogens is 318 g/mol. The van der Waals surface area contributed by atoms with E-state index in [9.17, 15) is 14.9 Å². The van der Waals surface area contributed by atoms with Crippen LogP contribution in [-0.2, 0) is 11.3 Å². The van der Waals surface area contributed by atoms with E-state index >= 15 is 0 Å². The Balaban J connectivity index is 1.48. The van der Waals surface area contributed by atoms with Crippen molar-refractivity contribution < 1.29 is 9.72 Å². The van der Waals surface area contributed by atoms with Crippen LogP contribution in [0.3, 0.4) is 0 Å². The van der Waals surface area contributed by atoms with E-state index in [1.807, 2.05) is 12.1 Å². The summed E-state index contributed by atoms with van der Waals surface area (Å²) in [6.45, 7) is 4.49. The van der Waals surface area contributed by atoms with Gasteiger partial charge < -0.3 is 4.90 Å². The molecule has 6 nitrogen and oxygen atoms in total. The third-order valence-electron chi connectivity index (χ3n) is 5.41. The highest BCUT2D eigenvalue weighted by Crippen LogP contribution is 2.23. The second-order valence-corrected chi connectivity index (χ2v) is 7.21. The predicted molar refractivity (Wildman–Crippen MR) is 96.1 cm³/mol. The van der Waals surface area contributed by atoms with Crippen molar-refractivity contribution in [3.8, 4) is 0 Å². The van der Waals surface area contributed by atoms with Crippen LogP contribution in [0.1, 0.15) is 44.1 Å². The molecule has 6 heteroatoms. The Labute approximate surface area is 148 Å². The van der Waals surface area contributed by atoms with Crippen LogP contribution in [0.15, 0.2) is 24.3 Å². The zero-order chi connectivity index (χ0) is 17.6. The number of carbonyl (C=O) groups is 1. The number of piperidine rings is 1. The van der Waals surface area contributed by atoms with Crippen molar-refractivity contribution in [2.45, 2.75) is 45.1 Å². The zero-order valence-electron chi connectivity index (χ0n) is 14.7. The molecule has 2 heterocycles. The fourth-order valence-corrected chi connectivity index (χ4v) is 3.87. The monoisotopic (exact) mass is 345 g/mol. The molecule has 0 atom stereocenters. The minimum absolute atomic E-state index is 0.130. The maximum absolute atomic E-state index is 12.7. The first-order valence-corrected chi connectivity index (χ1v) is 9.38. The Kier molecular flexibility index (Phi) is 6.02. The van der Waals surface area contributed by atoms with Crippen LogP contribution in [0, 0.1) is 16.0 Å². The first-order chi connectivity index (χ1) is 12.1. The van der Waals surface area contributed by atoms with E-state index in [0.717, 1.165) is 64.0 Å². The highest BCUT2D eigenvalue weighted by molar-refractivity contribution is 5.79. The van der Waals surface area contributed by atoms with Crippen molar-refractivity contribution in [1.29, 1.82) is 0 Å². The molecule has 2 aliphatic heterocycles. The van der Waals surface area contributed by atoms with Crippen LogP contribution < -0.4 is 0 Å².